The van der Waals surface area contributed by atoms with E-state index in [4.69, 9.17) is 18.9 Å². The van der Waals surface area contributed by atoms with Gasteiger partial charge in [0.25, 0.3) is 0 Å². The lowest BCUT2D eigenvalue weighted by atomic mass is 10.2. The van der Waals surface area contributed by atoms with E-state index in [1.807, 2.05) is 30.3 Å². The van der Waals surface area contributed by atoms with Gasteiger partial charge in [0, 0.05) is 0 Å². The fraction of sp³-hybridized carbons (Fsp3) is 0.600. The fourth-order valence-electron chi connectivity index (χ4n) is 1.53. The summed E-state index contributed by atoms with van der Waals surface area (Å²) in [6.45, 7) is 4.28. The van der Waals surface area contributed by atoms with E-state index in [0.29, 0.717) is 52.9 Å². The molecule has 6 nitrogen and oxygen atoms in total. The Balaban J connectivity index is 1.76. The molecule has 1 aromatic carbocycles. The second kappa shape index (κ2) is 13.6. The average Bonchev–Trinajstić information content (AvgIpc) is 2.53. The molecule has 21 heavy (non-hydrogen) atoms. The fourth-order valence-corrected chi connectivity index (χ4v) is 1.53. The maximum absolute atomic E-state index is 9.78. The molecule has 0 saturated heterocycles. The Morgan fingerprint density at radius 3 is 1.81 bits per heavy atom. The van der Waals surface area contributed by atoms with Gasteiger partial charge in [-0.25, -0.2) is 0 Å². The Kier molecular flexibility index (Phi) is 11.5. The molecular weight excluding hydrogens is 274 g/mol. The van der Waals surface area contributed by atoms with Crippen LogP contribution < -0.4 is 0 Å². The summed E-state index contributed by atoms with van der Waals surface area (Å²) in [6, 6.07) is 10.0. The predicted molar refractivity (Wildman–Crippen MR) is 79.2 cm³/mol. The molecule has 0 N–H and O–H groups in total. The standard InChI is InChI=1S/C15H23NO5/c17-16-6-7-18-8-9-19-10-11-20-12-13-21-14-15-4-2-1-3-5-15/h1-5H,6-14H2. The summed E-state index contributed by atoms with van der Waals surface area (Å²) in [6.07, 6.45) is 0. The molecular formula is C15H23NO5. The number of nitroso groups, excluding NO2 is 1. The van der Waals surface area contributed by atoms with Gasteiger partial charge in [0.1, 0.15) is 6.54 Å². The first kappa shape index (κ1) is 17.7. The van der Waals surface area contributed by atoms with Crippen LogP contribution in [0.15, 0.2) is 35.5 Å². The van der Waals surface area contributed by atoms with Gasteiger partial charge < -0.3 is 18.9 Å². The molecule has 0 aliphatic carbocycles. The van der Waals surface area contributed by atoms with Crippen molar-refractivity contribution in [1.82, 2.24) is 0 Å². The van der Waals surface area contributed by atoms with Crippen molar-refractivity contribution in [2.24, 2.45) is 5.18 Å². The first-order valence-corrected chi connectivity index (χ1v) is 7.07. The van der Waals surface area contributed by atoms with Crippen LogP contribution in [0.1, 0.15) is 5.56 Å². The minimum Gasteiger partial charge on any atom is -0.377 e. The zero-order valence-corrected chi connectivity index (χ0v) is 12.2. The van der Waals surface area contributed by atoms with Crippen LogP contribution in [0.2, 0.25) is 0 Å². The zero-order chi connectivity index (χ0) is 15.0. The van der Waals surface area contributed by atoms with E-state index in [2.05, 4.69) is 5.18 Å². The molecule has 0 saturated carbocycles. The van der Waals surface area contributed by atoms with Crippen molar-refractivity contribution in [3.05, 3.63) is 40.8 Å². The molecule has 0 radical (unpaired) electrons. The van der Waals surface area contributed by atoms with Crippen LogP contribution in [-0.2, 0) is 25.6 Å². The van der Waals surface area contributed by atoms with Crippen LogP contribution in [0.25, 0.3) is 0 Å². The smallest absolute Gasteiger partial charge is 0.104 e. The molecule has 1 rings (SSSR count). The number of hydrogen-bond donors (Lipinski definition) is 0. The average molecular weight is 297 g/mol. The highest BCUT2D eigenvalue weighted by Gasteiger charge is 1.94. The first-order chi connectivity index (χ1) is 10.4. The van der Waals surface area contributed by atoms with Crippen LogP contribution in [-0.4, -0.2) is 52.8 Å². The summed E-state index contributed by atoms with van der Waals surface area (Å²) in [7, 11) is 0. The quantitative estimate of drug-likeness (QED) is 0.388. The minimum atomic E-state index is 0.187. The van der Waals surface area contributed by atoms with E-state index in [1.54, 1.807) is 0 Å². The second-order valence-corrected chi connectivity index (χ2v) is 4.23. The van der Waals surface area contributed by atoms with Gasteiger partial charge in [-0.05, 0) is 5.56 Å². The molecule has 0 bridgehead atoms. The molecule has 118 valence electrons. The monoisotopic (exact) mass is 297 g/mol. The molecule has 0 spiro atoms. The zero-order valence-electron chi connectivity index (χ0n) is 12.2. The first-order valence-electron chi connectivity index (χ1n) is 7.07. The van der Waals surface area contributed by atoms with E-state index in [-0.39, 0.29) is 6.54 Å². The Morgan fingerprint density at radius 1 is 0.714 bits per heavy atom. The SMILES string of the molecule is O=NCCOCCOCCOCCOCc1ccccc1. The number of nitrogens with zero attached hydrogens (tertiary/aromatic N) is 1. The van der Waals surface area contributed by atoms with E-state index in [0.717, 1.165) is 5.56 Å². The number of ether oxygens (including phenoxy) is 4. The Bertz CT molecular complexity index is 347. The van der Waals surface area contributed by atoms with Crippen molar-refractivity contribution in [2.45, 2.75) is 6.61 Å². The Labute approximate surface area is 125 Å². The maximum atomic E-state index is 9.78. The maximum Gasteiger partial charge on any atom is 0.104 e. The van der Waals surface area contributed by atoms with Gasteiger partial charge in [-0.3, -0.25) is 0 Å². The van der Waals surface area contributed by atoms with Crippen molar-refractivity contribution in [1.29, 1.82) is 0 Å². The molecule has 6 heteroatoms. The Morgan fingerprint density at radius 2 is 1.24 bits per heavy atom. The predicted octanol–water partition coefficient (Wildman–Crippen LogP) is 2.02. The number of hydrogen-bond acceptors (Lipinski definition) is 6. The third-order valence-corrected chi connectivity index (χ3v) is 2.55. The lowest BCUT2D eigenvalue weighted by molar-refractivity contribution is -0.00334. The summed E-state index contributed by atoms with van der Waals surface area (Å²) in [5, 5.41) is 2.69. The van der Waals surface area contributed by atoms with Crippen molar-refractivity contribution >= 4 is 0 Å². The van der Waals surface area contributed by atoms with Gasteiger partial charge in [0.2, 0.25) is 0 Å². The number of benzene rings is 1. The second-order valence-electron chi connectivity index (χ2n) is 4.23. The molecule has 0 atom stereocenters. The van der Waals surface area contributed by atoms with Crippen molar-refractivity contribution in [2.75, 3.05) is 52.8 Å². The molecule has 0 amide bonds. The lowest BCUT2D eigenvalue weighted by Gasteiger charge is -2.07. The Hall–Kier alpha value is -1.34. The van der Waals surface area contributed by atoms with Gasteiger partial charge in [-0.15, -0.1) is 0 Å². The van der Waals surface area contributed by atoms with Gasteiger partial charge in [-0.1, -0.05) is 35.5 Å². The van der Waals surface area contributed by atoms with Gasteiger partial charge in [-0.2, -0.15) is 4.91 Å². The summed E-state index contributed by atoms with van der Waals surface area (Å²) in [4.78, 5) is 9.78. The van der Waals surface area contributed by atoms with Gasteiger partial charge in [0.05, 0.1) is 52.9 Å². The van der Waals surface area contributed by atoms with E-state index in [1.165, 1.54) is 0 Å². The van der Waals surface area contributed by atoms with E-state index in [9.17, 15) is 4.91 Å². The molecule has 0 unspecified atom stereocenters. The van der Waals surface area contributed by atoms with E-state index >= 15 is 0 Å². The largest absolute Gasteiger partial charge is 0.377 e. The third-order valence-electron chi connectivity index (χ3n) is 2.55. The van der Waals surface area contributed by atoms with Crippen molar-refractivity contribution in [3.8, 4) is 0 Å². The molecule has 1 aromatic rings. The third kappa shape index (κ3) is 11.0. The summed E-state index contributed by atoms with van der Waals surface area (Å²) in [5.41, 5.74) is 1.16. The molecule has 0 fully saturated rings. The summed E-state index contributed by atoms with van der Waals surface area (Å²) in [5.74, 6) is 0. The van der Waals surface area contributed by atoms with Crippen molar-refractivity contribution in [3.63, 3.8) is 0 Å². The van der Waals surface area contributed by atoms with Crippen LogP contribution in [0.5, 0.6) is 0 Å². The van der Waals surface area contributed by atoms with Gasteiger partial charge in [0.15, 0.2) is 0 Å². The lowest BCUT2D eigenvalue weighted by Crippen LogP contribution is -2.12. The van der Waals surface area contributed by atoms with Crippen molar-refractivity contribution < 1.29 is 18.9 Å². The number of rotatable bonds is 14. The molecule has 0 aliphatic rings. The van der Waals surface area contributed by atoms with Crippen LogP contribution in [0, 0.1) is 4.91 Å². The van der Waals surface area contributed by atoms with Crippen LogP contribution in [0.3, 0.4) is 0 Å². The highest BCUT2D eigenvalue weighted by atomic mass is 16.6. The molecule has 0 heterocycles. The normalized spacial score (nSPS) is 10.7. The highest BCUT2D eigenvalue weighted by Crippen LogP contribution is 1.99. The highest BCUT2D eigenvalue weighted by molar-refractivity contribution is 5.13. The van der Waals surface area contributed by atoms with Crippen LogP contribution >= 0.6 is 0 Å². The molecule has 0 aliphatic heterocycles. The summed E-state index contributed by atoms with van der Waals surface area (Å²) < 4.78 is 21.2. The molecule has 0 aromatic heterocycles. The minimum absolute atomic E-state index is 0.187. The summed E-state index contributed by atoms with van der Waals surface area (Å²) >= 11 is 0. The van der Waals surface area contributed by atoms with Crippen LogP contribution in [0.4, 0.5) is 0 Å². The topological polar surface area (TPSA) is 66.4 Å². The van der Waals surface area contributed by atoms with E-state index < -0.39 is 0 Å². The van der Waals surface area contributed by atoms with Gasteiger partial charge >= 0.3 is 0 Å².